The number of likely N-dealkylation sites (tertiary alicyclic amines) is 1. The summed E-state index contributed by atoms with van der Waals surface area (Å²) in [6.45, 7) is 7.65. The molecule has 0 saturated carbocycles. The molecule has 1 fully saturated rings. The largest absolute Gasteiger partial charge is 0.365 e. The molecule has 0 aliphatic carbocycles. The van der Waals surface area contributed by atoms with Gasteiger partial charge in [0.1, 0.15) is 16.4 Å². The van der Waals surface area contributed by atoms with Gasteiger partial charge in [-0.3, -0.25) is 14.6 Å². The maximum Gasteiger partial charge on any atom is 0.246 e. The molecule has 1 aliphatic rings. The molecule has 10 nitrogen and oxygen atoms in total. The topological polar surface area (TPSA) is 117 Å². The molecule has 0 aromatic carbocycles. The van der Waals surface area contributed by atoms with E-state index in [0.29, 0.717) is 34.5 Å². The van der Waals surface area contributed by atoms with Gasteiger partial charge in [-0.1, -0.05) is 18.2 Å². The van der Waals surface area contributed by atoms with Crippen molar-refractivity contribution in [2.24, 2.45) is 0 Å². The number of carbonyl (C=O) groups is 1. The average Bonchev–Trinajstić information content (AvgIpc) is 3.34. The van der Waals surface area contributed by atoms with E-state index in [9.17, 15) is 4.79 Å². The lowest BCUT2D eigenvalue weighted by atomic mass is 10.1. The normalized spacial score (nSPS) is 16.8. The predicted molar refractivity (Wildman–Crippen MR) is 111 cm³/mol. The molecule has 4 rings (SSSR count). The minimum absolute atomic E-state index is 0.0346. The van der Waals surface area contributed by atoms with Crippen LogP contribution in [0.25, 0.3) is 11.0 Å². The second-order valence-electron chi connectivity index (χ2n) is 6.81. The van der Waals surface area contributed by atoms with Gasteiger partial charge >= 0.3 is 0 Å². The Kier molecular flexibility index (Phi) is 5.34. The van der Waals surface area contributed by atoms with Gasteiger partial charge in [-0.25, -0.2) is 0 Å². The molecule has 0 bridgehead atoms. The van der Waals surface area contributed by atoms with Gasteiger partial charge in [0.2, 0.25) is 11.9 Å². The van der Waals surface area contributed by atoms with Crippen LogP contribution in [0.15, 0.2) is 25.0 Å². The highest BCUT2D eigenvalue weighted by Crippen LogP contribution is 2.29. The van der Waals surface area contributed by atoms with Gasteiger partial charge in [-0.15, -0.1) is 0 Å². The van der Waals surface area contributed by atoms with Crippen molar-refractivity contribution in [3.63, 3.8) is 0 Å². The molecule has 3 N–H and O–H groups in total. The van der Waals surface area contributed by atoms with E-state index in [4.69, 9.17) is 11.6 Å². The molecule has 3 aromatic heterocycles. The molecule has 29 heavy (non-hydrogen) atoms. The second kappa shape index (κ2) is 8.08. The van der Waals surface area contributed by atoms with Gasteiger partial charge in [0, 0.05) is 31.9 Å². The molecule has 0 unspecified atom stereocenters. The van der Waals surface area contributed by atoms with Crippen molar-refractivity contribution in [3.05, 3.63) is 30.2 Å². The zero-order chi connectivity index (χ0) is 20.4. The van der Waals surface area contributed by atoms with Crippen LogP contribution in [0.1, 0.15) is 19.8 Å². The Morgan fingerprint density at radius 2 is 2.34 bits per heavy atom. The summed E-state index contributed by atoms with van der Waals surface area (Å²) in [5, 5.41) is 18.7. The summed E-state index contributed by atoms with van der Waals surface area (Å²) in [6, 6.07) is 0.0346. The van der Waals surface area contributed by atoms with Crippen LogP contribution in [0.4, 0.5) is 17.5 Å². The van der Waals surface area contributed by atoms with E-state index in [1.165, 1.54) is 6.08 Å². The van der Waals surface area contributed by atoms with Crippen molar-refractivity contribution in [2.75, 3.05) is 23.7 Å². The summed E-state index contributed by atoms with van der Waals surface area (Å²) in [4.78, 5) is 22.8. The predicted octanol–water partition coefficient (Wildman–Crippen LogP) is 2.56. The summed E-state index contributed by atoms with van der Waals surface area (Å²) < 4.78 is 1.80. The van der Waals surface area contributed by atoms with Crippen LogP contribution >= 0.6 is 11.6 Å². The fourth-order valence-corrected chi connectivity index (χ4v) is 3.61. The maximum atomic E-state index is 12.0. The molecule has 3 aromatic rings. The lowest BCUT2D eigenvalue weighted by Crippen LogP contribution is -2.44. The Labute approximate surface area is 172 Å². The molecule has 4 heterocycles. The highest BCUT2D eigenvalue weighted by atomic mass is 35.5. The number of fused-ring (bicyclic) bond motifs is 1. The van der Waals surface area contributed by atoms with Gasteiger partial charge in [-0.05, 0) is 25.8 Å². The summed E-state index contributed by atoms with van der Waals surface area (Å²) in [7, 11) is 0. The first-order valence-corrected chi connectivity index (χ1v) is 9.84. The Hall–Kier alpha value is -3.14. The molecule has 0 radical (unpaired) electrons. The van der Waals surface area contributed by atoms with Crippen molar-refractivity contribution in [1.82, 2.24) is 34.8 Å². The number of aryl methyl sites for hydroxylation is 1. The first-order valence-electron chi connectivity index (χ1n) is 9.46. The van der Waals surface area contributed by atoms with Crippen molar-refractivity contribution in [1.29, 1.82) is 0 Å². The number of aromatic amines is 1. The monoisotopic (exact) mass is 415 g/mol. The number of H-pyrrole nitrogens is 1. The summed E-state index contributed by atoms with van der Waals surface area (Å²) in [5.74, 6) is 0.881. The standard InChI is InChI=1S/C18H22ClN9O/c1-3-13(29)27-7-5-6-11(9-27)21-16-14-15(19)25-26-17(14)24-18(23-16)22-12-8-20-28(4-2)10-12/h3,8,10-11H,1,4-7,9H2,2H3,(H3,21,22,23,24,25,26)/t11-/m1/s1. The van der Waals surface area contributed by atoms with E-state index in [0.717, 1.165) is 31.6 Å². The molecule has 1 amide bonds. The molecular formula is C18H22ClN9O. The summed E-state index contributed by atoms with van der Waals surface area (Å²) in [6.07, 6.45) is 6.73. The number of aromatic nitrogens is 6. The maximum absolute atomic E-state index is 12.0. The Morgan fingerprint density at radius 1 is 1.48 bits per heavy atom. The van der Waals surface area contributed by atoms with Gasteiger partial charge in [0.25, 0.3) is 0 Å². The third-order valence-corrected chi connectivity index (χ3v) is 5.10. The van der Waals surface area contributed by atoms with Gasteiger partial charge in [-0.2, -0.15) is 20.2 Å². The fraction of sp³-hybridized carbons (Fsp3) is 0.389. The zero-order valence-corrected chi connectivity index (χ0v) is 16.8. The molecular weight excluding hydrogens is 394 g/mol. The first kappa shape index (κ1) is 19.2. The van der Waals surface area contributed by atoms with Crippen molar-refractivity contribution in [2.45, 2.75) is 32.4 Å². The minimum Gasteiger partial charge on any atom is -0.365 e. The van der Waals surface area contributed by atoms with Crippen LogP contribution in [-0.4, -0.2) is 59.9 Å². The smallest absolute Gasteiger partial charge is 0.246 e. The third kappa shape index (κ3) is 4.02. The molecule has 1 saturated heterocycles. The van der Waals surface area contributed by atoms with Crippen LogP contribution in [0, 0.1) is 0 Å². The van der Waals surface area contributed by atoms with Crippen LogP contribution in [0.2, 0.25) is 5.15 Å². The summed E-state index contributed by atoms with van der Waals surface area (Å²) >= 11 is 6.28. The van der Waals surface area contributed by atoms with E-state index in [2.05, 4.69) is 42.5 Å². The number of hydrogen-bond donors (Lipinski definition) is 3. The first-order chi connectivity index (χ1) is 14.1. The van der Waals surface area contributed by atoms with Gasteiger partial charge in [0.15, 0.2) is 5.65 Å². The highest BCUT2D eigenvalue weighted by molar-refractivity contribution is 6.35. The molecule has 11 heteroatoms. The van der Waals surface area contributed by atoms with Crippen LogP contribution in [0.5, 0.6) is 0 Å². The Bertz CT molecular complexity index is 1040. The molecule has 1 aliphatic heterocycles. The van der Waals surface area contributed by atoms with Gasteiger partial charge < -0.3 is 15.5 Å². The number of nitrogens with zero attached hydrogens (tertiary/aromatic N) is 6. The third-order valence-electron chi connectivity index (χ3n) is 4.83. The van der Waals surface area contributed by atoms with E-state index >= 15 is 0 Å². The van der Waals surface area contributed by atoms with Crippen molar-refractivity contribution in [3.8, 4) is 0 Å². The van der Waals surface area contributed by atoms with E-state index < -0.39 is 0 Å². The number of hydrogen-bond acceptors (Lipinski definition) is 7. The van der Waals surface area contributed by atoms with Crippen LogP contribution in [0.3, 0.4) is 0 Å². The fourth-order valence-electron chi connectivity index (χ4n) is 3.40. The van der Waals surface area contributed by atoms with Crippen LogP contribution in [-0.2, 0) is 11.3 Å². The number of amides is 1. The molecule has 1 atom stereocenters. The molecule has 152 valence electrons. The quantitative estimate of drug-likeness (QED) is 0.529. The number of carbonyl (C=O) groups excluding carboxylic acids is 1. The van der Waals surface area contributed by atoms with Crippen molar-refractivity contribution >= 4 is 46.0 Å². The van der Waals surface area contributed by atoms with E-state index in [-0.39, 0.29) is 11.9 Å². The highest BCUT2D eigenvalue weighted by Gasteiger charge is 2.24. The SMILES string of the molecule is C=CC(=O)N1CCC[C@@H](Nc2nc(Nc3cnn(CC)c3)nc3n[nH]c(Cl)c23)C1. The lowest BCUT2D eigenvalue weighted by molar-refractivity contribution is -0.127. The average molecular weight is 416 g/mol. The van der Waals surface area contributed by atoms with E-state index in [1.807, 2.05) is 13.1 Å². The number of piperidine rings is 1. The zero-order valence-electron chi connectivity index (χ0n) is 16.0. The number of rotatable bonds is 6. The number of halogens is 1. The Balaban J connectivity index is 1.61. The Morgan fingerprint density at radius 3 is 3.10 bits per heavy atom. The second-order valence-corrected chi connectivity index (χ2v) is 7.19. The number of nitrogens with one attached hydrogen (secondary N) is 3. The summed E-state index contributed by atoms with van der Waals surface area (Å²) in [5.41, 5.74) is 1.23. The van der Waals surface area contributed by atoms with Crippen LogP contribution < -0.4 is 10.6 Å². The van der Waals surface area contributed by atoms with Crippen molar-refractivity contribution < 1.29 is 4.79 Å². The minimum atomic E-state index is -0.0685. The van der Waals surface area contributed by atoms with E-state index in [1.54, 1.807) is 15.8 Å². The number of anilines is 3. The van der Waals surface area contributed by atoms with Gasteiger partial charge in [0.05, 0.1) is 11.9 Å². The lowest BCUT2D eigenvalue weighted by Gasteiger charge is -2.32. The molecule has 0 spiro atoms.